The lowest BCUT2D eigenvalue weighted by molar-refractivity contribution is -0.136. The first-order valence-corrected chi connectivity index (χ1v) is 15.4. The van der Waals surface area contributed by atoms with Gasteiger partial charge in [-0.05, 0) is 85.5 Å². The summed E-state index contributed by atoms with van der Waals surface area (Å²) in [6.45, 7) is 10.4. The van der Waals surface area contributed by atoms with E-state index in [4.69, 9.17) is 9.84 Å². The summed E-state index contributed by atoms with van der Waals surface area (Å²) in [5, 5.41) is 10.7. The summed E-state index contributed by atoms with van der Waals surface area (Å²) >= 11 is 0. The molecule has 0 radical (unpaired) electrons. The van der Waals surface area contributed by atoms with Gasteiger partial charge >= 0.3 is 6.03 Å². The molecule has 9 nitrogen and oxygen atoms in total. The Morgan fingerprint density at radius 2 is 1.81 bits per heavy atom. The van der Waals surface area contributed by atoms with Crippen molar-refractivity contribution in [1.29, 1.82) is 0 Å². The Hall–Kier alpha value is -3.92. The maximum atomic E-state index is 13.6. The van der Waals surface area contributed by atoms with E-state index in [2.05, 4.69) is 36.3 Å². The molecule has 0 bridgehead atoms. The lowest BCUT2D eigenvalue weighted by atomic mass is 9.92. The molecule has 2 N–H and O–H groups in total. The largest absolute Gasteiger partial charge is 0.492 e. The molecule has 3 aromatic rings. The van der Waals surface area contributed by atoms with Crippen molar-refractivity contribution in [1.82, 2.24) is 19.6 Å². The highest BCUT2D eigenvalue weighted by Crippen LogP contribution is 2.36. The summed E-state index contributed by atoms with van der Waals surface area (Å²) in [5.41, 5.74) is 4.21. The van der Waals surface area contributed by atoms with Gasteiger partial charge in [0, 0.05) is 43.3 Å². The molecule has 2 fully saturated rings. The molecule has 2 heterocycles. The summed E-state index contributed by atoms with van der Waals surface area (Å²) in [6.07, 6.45) is 5.27. The van der Waals surface area contributed by atoms with Gasteiger partial charge in [-0.2, -0.15) is 5.10 Å². The van der Waals surface area contributed by atoms with Gasteiger partial charge in [0.05, 0.1) is 17.9 Å². The number of nitrogens with zero attached hydrogens (tertiary/aromatic N) is 4. The van der Waals surface area contributed by atoms with Crippen molar-refractivity contribution in [3.05, 3.63) is 65.1 Å². The van der Waals surface area contributed by atoms with Crippen LogP contribution < -0.4 is 15.4 Å². The SMILES string of the molecule is CC(C)(C)c1cc(NC(=O)Nc2ccc(OCCN3CCN(CC4CC4)C(=O)C3)c3c2CCC3)n(-c2ccc(F)cc2)n1. The number of benzene rings is 2. The number of carbonyl (C=O) groups is 2. The van der Waals surface area contributed by atoms with Crippen molar-refractivity contribution in [2.24, 2.45) is 5.92 Å². The molecule has 2 aliphatic carbocycles. The number of piperazine rings is 1. The van der Waals surface area contributed by atoms with E-state index in [0.29, 0.717) is 31.2 Å². The predicted octanol–water partition coefficient (Wildman–Crippen LogP) is 5.37. The van der Waals surface area contributed by atoms with Gasteiger partial charge in [0.15, 0.2) is 0 Å². The van der Waals surface area contributed by atoms with Crippen molar-refractivity contribution < 1.29 is 18.7 Å². The molecule has 0 spiro atoms. The second-order valence-corrected chi connectivity index (χ2v) is 13.0. The average molecular weight is 589 g/mol. The normalized spacial score (nSPS) is 17.2. The third-order valence-corrected chi connectivity index (χ3v) is 8.52. The Balaban J connectivity index is 1.09. The van der Waals surface area contributed by atoms with E-state index in [1.165, 1.54) is 25.0 Å². The minimum atomic E-state index is -0.378. The smallest absolute Gasteiger partial charge is 0.324 e. The van der Waals surface area contributed by atoms with E-state index >= 15 is 0 Å². The minimum Gasteiger partial charge on any atom is -0.492 e. The lowest BCUT2D eigenvalue weighted by Gasteiger charge is -2.34. The van der Waals surface area contributed by atoms with Crippen LogP contribution in [0.1, 0.15) is 56.9 Å². The van der Waals surface area contributed by atoms with Crippen LogP contribution in [0.25, 0.3) is 5.69 Å². The summed E-state index contributed by atoms with van der Waals surface area (Å²) in [5.74, 6) is 1.95. The number of rotatable bonds is 9. The molecule has 1 aromatic heterocycles. The highest BCUT2D eigenvalue weighted by molar-refractivity contribution is 6.00. The van der Waals surface area contributed by atoms with E-state index in [1.807, 2.05) is 23.1 Å². The number of urea groups is 1. The number of amides is 3. The maximum Gasteiger partial charge on any atom is 0.324 e. The molecule has 2 aromatic carbocycles. The first-order chi connectivity index (χ1) is 20.6. The number of ether oxygens (including phenoxy) is 1. The van der Waals surface area contributed by atoms with Crippen LogP contribution in [0, 0.1) is 11.7 Å². The van der Waals surface area contributed by atoms with Crippen LogP contribution in [0.4, 0.5) is 20.7 Å². The second-order valence-electron chi connectivity index (χ2n) is 13.0. The van der Waals surface area contributed by atoms with Crippen molar-refractivity contribution >= 4 is 23.4 Å². The van der Waals surface area contributed by atoms with E-state index in [1.54, 1.807) is 16.8 Å². The maximum absolute atomic E-state index is 13.6. The van der Waals surface area contributed by atoms with Crippen molar-refractivity contribution in [3.8, 4) is 11.4 Å². The van der Waals surface area contributed by atoms with Crippen molar-refractivity contribution in [2.75, 3.05) is 50.0 Å². The molecule has 1 aliphatic heterocycles. The third kappa shape index (κ3) is 6.85. The van der Waals surface area contributed by atoms with E-state index < -0.39 is 0 Å². The Bertz CT molecular complexity index is 1490. The van der Waals surface area contributed by atoms with Gasteiger partial charge in [-0.15, -0.1) is 0 Å². The number of halogens is 1. The van der Waals surface area contributed by atoms with Crippen LogP contribution in [0.3, 0.4) is 0 Å². The molecule has 3 amide bonds. The van der Waals surface area contributed by atoms with Crippen molar-refractivity contribution in [3.63, 3.8) is 0 Å². The molecule has 0 atom stereocenters. The van der Waals surface area contributed by atoms with Crippen LogP contribution in [0.2, 0.25) is 0 Å². The summed E-state index contributed by atoms with van der Waals surface area (Å²) in [7, 11) is 0. The predicted molar refractivity (Wildman–Crippen MR) is 165 cm³/mol. The fraction of sp³-hybridized carbons (Fsp3) is 0.485. The van der Waals surface area contributed by atoms with Gasteiger partial charge in [-0.1, -0.05) is 20.8 Å². The fourth-order valence-electron chi connectivity index (χ4n) is 5.85. The van der Waals surface area contributed by atoms with Gasteiger partial charge in [-0.25, -0.2) is 13.9 Å². The van der Waals surface area contributed by atoms with Gasteiger partial charge in [0.2, 0.25) is 5.91 Å². The Morgan fingerprint density at radius 1 is 1.05 bits per heavy atom. The summed E-state index contributed by atoms with van der Waals surface area (Å²) in [6, 6.07) is 11.3. The van der Waals surface area contributed by atoms with Crippen LogP contribution in [-0.2, 0) is 23.1 Å². The minimum absolute atomic E-state index is 0.225. The lowest BCUT2D eigenvalue weighted by Crippen LogP contribution is -2.51. The van der Waals surface area contributed by atoms with Gasteiger partial charge < -0.3 is 15.0 Å². The van der Waals surface area contributed by atoms with Gasteiger partial charge in [0.25, 0.3) is 0 Å². The first-order valence-electron chi connectivity index (χ1n) is 15.4. The third-order valence-electron chi connectivity index (χ3n) is 8.52. The Morgan fingerprint density at radius 3 is 2.53 bits per heavy atom. The summed E-state index contributed by atoms with van der Waals surface area (Å²) < 4.78 is 21.4. The van der Waals surface area contributed by atoms with Gasteiger partial charge in [-0.3, -0.25) is 15.0 Å². The Kier molecular flexibility index (Phi) is 8.13. The average Bonchev–Trinajstić information content (AvgIpc) is 3.45. The monoisotopic (exact) mass is 588 g/mol. The molecule has 228 valence electrons. The van der Waals surface area contributed by atoms with Crippen LogP contribution in [0.15, 0.2) is 42.5 Å². The highest BCUT2D eigenvalue weighted by Gasteiger charge is 2.30. The quantitative estimate of drug-likeness (QED) is 0.351. The first kappa shape index (κ1) is 29.2. The number of aromatic nitrogens is 2. The van der Waals surface area contributed by atoms with Gasteiger partial charge in [0.1, 0.15) is 24.0 Å². The zero-order valence-electron chi connectivity index (χ0n) is 25.3. The fourth-order valence-corrected chi connectivity index (χ4v) is 5.85. The molecule has 1 saturated carbocycles. The number of carbonyl (C=O) groups excluding carboxylic acids is 2. The molecular weight excluding hydrogens is 547 g/mol. The number of fused-ring (bicyclic) bond motifs is 1. The molecule has 6 rings (SSSR count). The van der Waals surface area contributed by atoms with Crippen LogP contribution in [-0.4, -0.2) is 70.8 Å². The molecule has 3 aliphatic rings. The molecule has 43 heavy (non-hydrogen) atoms. The number of hydrogen-bond acceptors (Lipinski definition) is 5. The van der Waals surface area contributed by atoms with Crippen LogP contribution >= 0.6 is 0 Å². The molecule has 1 saturated heterocycles. The standard InChI is InChI=1S/C33H41FN6O3/c1-33(2,3)29-19-30(40(37-29)24-11-9-23(34)10-12-24)36-32(42)35-27-13-14-28(26-6-4-5-25(26)27)43-18-17-38-15-16-39(31(41)21-38)20-22-7-8-22/h9-14,19,22H,4-8,15-18,20-21H2,1-3H3,(H2,35,36,42). The number of nitrogens with one attached hydrogen (secondary N) is 2. The van der Waals surface area contributed by atoms with Crippen molar-refractivity contribution in [2.45, 2.75) is 58.3 Å². The van der Waals surface area contributed by atoms with E-state index in [9.17, 15) is 14.0 Å². The topological polar surface area (TPSA) is 91.7 Å². The van der Waals surface area contributed by atoms with E-state index in [0.717, 1.165) is 73.1 Å². The number of hydrogen-bond donors (Lipinski definition) is 2. The Labute approximate surface area is 252 Å². The molecular formula is C33H41FN6O3. The summed E-state index contributed by atoms with van der Waals surface area (Å²) in [4.78, 5) is 30.0. The zero-order chi connectivity index (χ0) is 30.1. The molecule has 10 heteroatoms. The van der Waals surface area contributed by atoms with Crippen LogP contribution in [0.5, 0.6) is 5.75 Å². The number of anilines is 2. The molecule has 0 unspecified atom stereocenters. The zero-order valence-corrected chi connectivity index (χ0v) is 25.3. The van der Waals surface area contributed by atoms with E-state index in [-0.39, 0.29) is 23.2 Å². The second kappa shape index (κ2) is 12.0. The highest BCUT2D eigenvalue weighted by atomic mass is 19.1.